The molecule has 0 fully saturated rings. The fourth-order valence-electron chi connectivity index (χ4n) is 3.20. The van der Waals surface area contributed by atoms with Gasteiger partial charge in [-0.1, -0.05) is 95.0 Å². The van der Waals surface area contributed by atoms with Gasteiger partial charge >= 0.3 is 5.97 Å². The van der Waals surface area contributed by atoms with Gasteiger partial charge in [0.15, 0.2) is 6.04 Å². The predicted octanol–water partition coefficient (Wildman–Crippen LogP) is 5.33. The van der Waals surface area contributed by atoms with Crippen LogP contribution < -0.4 is 0 Å². The number of esters is 1. The zero-order valence-corrected chi connectivity index (χ0v) is 16.6. The normalized spacial score (nSPS) is 12.0. The highest BCUT2D eigenvalue weighted by Gasteiger charge is 2.25. The third-order valence-corrected chi connectivity index (χ3v) is 4.75. The third-order valence-electron chi connectivity index (χ3n) is 4.75. The highest BCUT2D eigenvalue weighted by Crippen LogP contribution is 2.18. The zero-order chi connectivity index (χ0) is 19.2. The van der Waals surface area contributed by atoms with Crippen LogP contribution in [0.15, 0.2) is 42.7 Å². The van der Waals surface area contributed by atoms with Gasteiger partial charge in [-0.25, -0.2) is 4.79 Å². The Kier molecular flexibility index (Phi) is 10.2. The van der Waals surface area contributed by atoms with E-state index < -0.39 is 6.04 Å². The van der Waals surface area contributed by atoms with Crippen LogP contribution in [0.4, 0.5) is 0 Å². The van der Waals surface area contributed by atoms with E-state index in [1.807, 2.05) is 30.3 Å². The summed E-state index contributed by atoms with van der Waals surface area (Å²) in [6.07, 6.45) is 15.8. The topological polar surface area (TPSA) is 57.0 Å². The van der Waals surface area contributed by atoms with Gasteiger partial charge in [0.25, 0.3) is 0 Å². The Morgan fingerprint density at radius 1 is 0.889 bits per heavy atom. The molecule has 5 nitrogen and oxygen atoms in total. The van der Waals surface area contributed by atoms with Crippen LogP contribution in [0, 0.1) is 0 Å². The standard InChI is InChI=1S/C22H33N3O2/c1-2-3-4-5-6-7-8-9-10-14-19-27-22(26)21(25-23-17-18-24-25)20-15-12-11-13-16-20/h11-13,15-18,21H,2-10,14,19H2,1H3. The molecule has 0 bridgehead atoms. The van der Waals surface area contributed by atoms with Gasteiger partial charge in [-0.3, -0.25) is 0 Å². The quantitative estimate of drug-likeness (QED) is 0.332. The van der Waals surface area contributed by atoms with Gasteiger partial charge in [0.2, 0.25) is 0 Å². The largest absolute Gasteiger partial charge is 0.464 e. The van der Waals surface area contributed by atoms with E-state index in [1.54, 1.807) is 12.4 Å². The second-order valence-corrected chi connectivity index (χ2v) is 7.01. The predicted molar refractivity (Wildman–Crippen MR) is 107 cm³/mol. The van der Waals surface area contributed by atoms with Crippen molar-refractivity contribution >= 4 is 5.97 Å². The number of aromatic nitrogens is 3. The van der Waals surface area contributed by atoms with Gasteiger partial charge in [0, 0.05) is 0 Å². The van der Waals surface area contributed by atoms with Crippen molar-refractivity contribution in [2.24, 2.45) is 0 Å². The molecule has 1 aromatic carbocycles. The van der Waals surface area contributed by atoms with Gasteiger partial charge in [-0.15, -0.1) is 0 Å². The van der Waals surface area contributed by atoms with Crippen molar-refractivity contribution in [1.29, 1.82) is 0 Å². The summed E-state index contributed by atoms with van der Waals surface area (Å²) >= 11 is 0. The molecular formula is C22H33N3O2. The Bertz CT molecular complexity index is 614. The number of carbonyl (C=O) groups is 1. The summed E-state index contributed by atoms with van der Waals surface area (Å²) in [6, 6.07) is 8.91. The summed E-state index contributed by atoms with van der Waals surface area (Å²) in [5, 5.41) is 8.25. The number of carbonyl (C=O) groups excluding carboxylic acids is 1. The van der Waals surface area contributed by atoms with Gasteiger partial charge in [0.05, 0.1) is 19.0 Å². The molecule has 2 rings (SSSR count). The number of nitrogens with zero attached hydrogens (tertiary/aromatic N) is 3. The molecule has 1 unspecified atom stereocenters. The second-order valence-electron chi connectivity index (χ2n) is 7.01. The van der Waals surface area contributed by atoms with Crippen molar-refractivity contribution in [2.45, 2.75) is 77.2 Å². The minimum atomic E-state index is -0.621. The smallest absolute Gasteiger partial charge is 0.337 e. The molecule has 0 amide bonds. The van der Waals surface area contributed by atoms with Crippen molar-refractivity contribution in [3.05, 3.63) is 48.3 Å². The summed E-state index contributed by atoms with van der Waals surface area (Å²) in [4.78, 5) is 14.0. The summed E-state index contributed by atoms with van der Waals surface area (Å²) in [5.41, 5.74) is 0.835. The van der Waals surface area contributed by atoms with E-state index in [0.29, 0.717) is 6.61 Å². The molecule has 0 aliphatic carbocycles. The van der Waals surface area contributed by atoms with Crippen LogP contribution in [0.1, 0.15) is 82.7 Å². The van der Waals surface area contributed by atoms with E-state index >= 15 is 0 Å². The fourth-order valence-corrected chi connectivity index (χ4v) is 3.20. The Balaban J connectivity index is 1.64. The molecule has 0 N–H and O–H groups in total. The van der Waals surface area contributed by atoms with Crippen LogP contribution in [-0.4, -0.2) is 27.6 Å². The van der Waals surface area contributed by atoms with Gasteiger partial charge in [-0.05, 0) is 12.0 Å². The number of rotatable bonds is 14. The van der Waals surface area contributed by atoms with E-state index in [1.165, 1.54) is 56.2 Å². The molecule has 1 heterocycles. The zero-order valence-electron chi connectivity index (χ0n) is 16.6. The lowest BCUT2D eigenvalue weighted by Crippen LogP contribution is -2.25. The Hall–Kier alpha value is -2.17. The first-order chi connectivity index (χ1) is 13.3. The number of ether oxygens (including phenoxy) is 1. The highest BCUT2D eigenvalue weighted by molar-refractivity contribution is 5.77. The van der Waals surface area contributed by atoms with Crippen molar-refractivity contribution in [3.63, 3.8) is 0 Å². The maximum absolute atomic E-state index is 12.6. The van der Waals surface area contributed by atoms with E-state index in [9.17, 15) is 4.79 Å². The molecule has 2 aromatic rings. The molecule has 148 valence electrons. The van der Waals surface area contributed by atoms with Gasteiger partial charge < -0.3 is 4.74 Å². The molecule has 0 aliphatic heterocycles. The third kappa shape index (κ3) is 7.94. The summed E-state index contributed by atoms with van der Waals surface area (Å²) < 4.78 is 5.51. The minimum absolute atomic E-state index is 0.298. The summed E-state index contributed by atoms with van der Waals surface area (Å²) in [6.45, 7) is 2.71. The Morgan fingerprint density at radius 3 is 2.04 bits per heavy atom. The monoisotopic (exact) mass is 371 g/mol. The average Bonchev–Trinajstić information content (AvgIpc) is 3.21. The Labute approximate surface area is 163 Å². The molecule has 0 saturated heterocycles. The molecule has 5 heteroatoms. The number of hydrogen-bond acceptors (Lipinski definition) is 4. The van der Waals surface area contributed by atoms with E-state index in [4.69, 9.17) is 4.74 Å². The van der Waals surface area contributed by atoms with Crippen LogP contribution >= 0.6 is 0 Å². The van der Waals surface area contributed by atoms with Gasteiger partial charge in [0.1, 0.15) is 0 Å². The van der Waals surface area contributed by atoms with Gasteiger partial charge in [-0.2, -0.15) is 15.0 Å². The average molecular weight is 372 g/mol. The molecule has 0 spiro atoms. The van der Waals surface area contributed by atoms with Crippen molar-refractivity contribution in [2.75, 3.05) is 6.61 Å². The van der Waals surface area contributed by atoms with Crippen LogP contribution in [0.3, 0.4) is 0 Å². The Morgan fingerprint density at radius 2 is 1.44 bits per heavy atom. The first kappa shape index (κ1) is 21.1. The first-order valence-corrected chi connectivity index (χ1v) is 10.4. The van der Waals surface area contributed by atoms with Crippen molar-refractivity contribution < 1.29 is 9.53 Å². The van der Waals surface area contributed by atoms with Crippen LogP contribution in [0.25, 0.3) is 0 Å². The molecule has 0 radical (unpaired) electrons. The summed E-state index contributed by atoms with van der Waals surface area (Å²) in [7, 11) is 0. The van der Waals surface area contributed by atoms with Crippen LogP contribution in [0.5, 0.6) is 0 Å². The number of benzene rings is 1. The lowest BCUT2D eigenvalue weighted by molar-refractivity contribution is -0.147. The van der Waals surface area contributed by atoms with Crippen LogP contribution in [-0.2, 0) is 9.53 Å². The van der Waals surface area contributed by atoms with Crippen LogP contribution in [0.2, 0.25) is 0 Å². The van der Waals surface area contributed by atoms with E-state index in [-0.39, 0.29) is 5.97 Å². The molecule has 27 heavy (non-hydrogen) atoms. The second kappa shape index (κ2) is 13.1. The molecule has 1 aromatic heterocycles. The van der Waals surface area contributed by atoms with E-state index in [2.05, 4.69) is 17.1 Å². The summed E-state index contributed by atoms with van der Waals surface area (Å²) in [5.74, 6) is -0.298. The molecule has 1 atom stereocenters. The lowest BCUT2D eigenvalue weighted by Gasteiger charge is -2.15. The maximum atomic E-state index is 12.6. The number of hydrogen-bond donors (Lipinski definition) is 0. The highest BCUT2D eigenvalue weighted by atomic mass is 16.5. The van der Waals surface area contributed by atoms with Crippen molar-refractivity contribution in [1.82, 2.24) is 15.0 Å². The maximum Gasteiger partial charge on any atom is 0.337 e. The first-order valence-electron chi connectivity index (χ1n) is 10.4. The number of unbranched alkanes of at least 4 members (excludes halogenated alkanes) is 9. The van der Waals surface area contributed by atoms with E-state index in [0.717, 1.165) is 18.4 Å². The van der Waals surface area contributed by atoms with Crippen molar-refractivity contribution in [3.8, 4) is 0 Å². The molecule has 0 saturated carbocycles. The lowest BCUT2D eigenvalue weighted by atomic mass is 10.1. The molecule has 0 aliphatic rings. The fraction of sp³-hybridized carbons (Fsp3) is 0.591. The molecular weight excluding hydrogens is 338 g/mol. The SMILES string of the molecule is CCCCCCCCCCCCOC(=O)C(c1ccccc1)n1nccn1. The minimum Gasteiger partial charge on any atom is -0.464 e.